The van der Waals surface area contributed by atoms with E-state index in [1.807, 2.05) is 18.2 Å². The quantitative estimate of drug-likeness (QED) is 0.691. The van der Waals surface area contributed by atoms with E-state index in [-0.39, 0.29) is 0 Å². The lowest BCUT2D eigenvalue weighted by Gasteiger charge is -2.34. The van der Waals surface area contributed by atoms with Crippen molar-refractivity contribution >= 4 is 17.3 Å². The predicted molar refractivity (Wildman–Crippen MR) is 104 cm³/mol. The second-order valence-electron chi connectivity index (χ2n) is 6.15. The first-order chi connectivity index (χ1) is 12.8. The summed E-state index contributed by atoms with van der Waals surface area (Å²) in [6.07, 6.45) is 1.74. The molecule has 7 heteroatoms. The molecule has 0 unspecified atom stereocenters. The highest BCUT2D eigenvalue weighted by Gasteiger charge is 2.20. The SMILES string of the molecule is COc1ccnc(N2CCN(Cc3nc(-c4ccccc4)cs3)CC2)n1. The average Bonchev–Trinajstić information content (AvgIpc) is 3.18. The molecule has 3 heterocycles. The van der Waals surface area contributed by atoms with E-state index in [1.165, 1.54) is 5.56 Å². The Kier molecular flexibility index (Phi) is 5.08. The molecule has 4 rings (SSSR count). The molecule has 0 amide bonds. The number of hydrogen-bond acceptors (Lipinski definition) is 7. The predicted octanol–water partition coefficient (Wildman–Crippen LogP) is 2.93. The lowest BCUT2D eigenvalue weighted by atomic mass is 10.2. The van der Waals surface area contributed by atoms with Crippen molar-refractivity contribution in [3.63, 3.8) is 0 Å². The number of rotatable bonds is 5. The van der Waals surface area contributed by atoms with Crippen LogP contribution in [-0.4, -0.2) is 53.1 Å². The summed E-state index contributed by atoms with van der Waals surface area (Å²) < 4.78 is 5.19. The van der Waals surface area contributed by atoms with E-state index >= 15 is 0 Å². The summed E-state index contributed by atoms with van der Waals surface area (Å²) in [7, 11) is 1.63. The molecule has 1 fully saturated rings. The van der Waals surface area contributed by atoms with Crippen LogP contribution in [0.5, 0.6) is 5.88 Å². The number of piperazine rings is 1. The van der Waals surface area contributed by atoms with Crippen LogP contribution in [0.15, 0.2) is 48.0 Å². The van der Waals surface area contributed by atoms with E-state index in [0.29, 0.717) is 5.88 Å². The summed E-state index contributed by atoms with van der Waals surface area (Å²) in [4.78, 5) is 18.2. The van der Waals surface area contributed by atoms with Crippen molar-refractivity contribution in [1.29, 1.82) is 0 Å². The molecule has 6 nitrogen and oxygen atoms in total. The number of ether oxygens (including phenoxy) is 1. The Bertz CT molecular complexity index is 846. The Hall–Kier alpha value is -2.51. The van der Waals surface area contributed by atoms with Gasteiger partial charge in [0, 0.05) is 49.4 Å². The second kappa shape index (κ2) is 7.80. The Morgan fingerprint density at radius 1 is 1.04 bits per heavy atom. The minimum atomic E-state index is 0.605. The molecule has 0 radical (unpaired) electrons. The van der Waals surface area contributed by atoms with Gasteiger partial charge in [-0.2, -0.15) is 4.98 Å². The highest BCUT2D eigenvalue weighted by atomic mass is 32.1. The molecule has 3 aromatic rings. The number of nitrogens with zero attached hydrogens (tertiary/aromatic N) is 5. The van der Waals surface area contributed by atoms with Crippen LogP contribution in [0.25, 0.3) is 11.3 Å². The summed E-state index contributed by atoms with van der Waals surface area (Å²) in [5, 5.41) is 3.31. The van der Waals surface area contributed by atoms with Crippen LogP contribution in [0.2, 0.25) is 0 Å². The van der Waals surface area contributed by atoms with Crippen molar-refractivity contribution in [2.45, 2.75) is 6.54 Å². The Labute approximate surface area is 157 Å². The van der Waals surface area contributed by atoms with Gasteiger partial charge in [-0.05, 0) is 0 Å². The van der Waals surface area contributed by atoms with Gasteiger partial charge in [-0.1, -0.05) is 30.3 Å². The highest BCUT2D eigenvalue weighted by Crippen LogP contribution is 2.23. The fraction of sp³-hybridized carbons (Fsp3) is 0.316. The van der Waals surface area contributed by atoms with E-state index in [4.69, 9.17) is 9.72 Å². The van der Waals surface area contributed by atoms with E-state index in [2.05, 4.69) is 37.3 Å². The van der Waals surface area contributed by atoms with Gasteiger partial charge in [0.25, 0.3) is 0 Å². The molecule has 0 spiro atoms. The molecular weight excluding hydrogens is 346 g/mol. The third-order valence-corrected chi connectivity index (χ3v) is 5.30. The maximum absolute atomic E-state index is 5.19. The molecule has 26 heavy (non-hydrogen) atoms. The highest BCUT2D eigenvalue weighted by molar-refractivity contribution is 7.09. The summed E-state index contributed by atoms with van der Waals surface area (Å²) >= 11 is 1.73. The van der Waals surface area contributed by atoms with Crippen molar-refractivity contribution < 1.29 is 4.74 Å². The monoisotopic (exact) mass is 367 g/mol. The van der Waals surface area contributed by atoms with Crippen molar-refractivity contribution in [3.05, 3.63) is 53.0 Å². The smallest absolute Gasteiger partial charge is 0.228 e. The topological polar surface area (TPSA) is 54.4 Å². The lowest BCUT2D eigenvalue weighted by Crippen LogP contribution is -2.46. The van der Waals surface area contributed by atoms with Gasteiger partial charge in [0.05, 0.1) is 19.3 Å². The van der Waals surface area contributed by atoms with Gasteiger partial charge in [0.1, 0.15) is 5.01 Å². The minimum Gasteiger partial charge on any atom is -0.481 e. The largest absolute Gasteiger partial charge is 0.481 e. The Morgan fingerprint density at radius 2 is 1.85 bits per heavy atom. The molecule has 1 aliphatic heterocycles. The first kappa shape index (κ1) is 16.9. The number of anilines is 1. The lowest BCUT2D eigenvalue weighted by molar-refractivity contribution is 0.248. The number of methoxy groups -OCH3 is 1. The van der Waals surface area contributed by atoms with Gasteiger partial charge >= 0.3 is 0 Å². The number of thiazole rings is 1. The van der Waals surface area contributed by atoms with Crippen LogP contribution in [0.1, 0.15) is 5.01 Å². The van der Waals surface area contributed by atoms with Crippen LogP contribution in [0, 0.1) is 0 Å². The maximum atomic E-state index is 5.19. The molecule has 0 atom stereocenters. The zero-order valence-corrected chi connectivity index (χ0v) is 15.5. The van der Waals surface area contributed by atoms with E-state index in [1.54, 1.807) is 30.7 Å². The summed E-state index contributed by atoms with van der Waals surface area (Å²) in [6.45, 7) is 4.65. The van der Waals surface area contributed by atoms with E-state index in [9.17, 15) is 0 Å². The fourth-order valence-electron chi connectivity index (χ4n) is 3.02. The molecule has 0 aliphatic carbocycles. The van der Waals surface area contributed by atoms with Gasteiger partial charge in [-0.15, -0.1) is 11.3 Å². The van der Waals surface area contributed by atoms with Gasteiger partial charge in [-0.25, -0.2) is 9.97 Å². The number of aromatic nitrogens is 3. The summed E-state index contributed by atoms with van der Waals surface area (Å²) in [5.41, 5.74) is 2.24. The van der Waals surface area contributed by atoms with Crippen LogP contribution >= 0.6 is 11.3 Å². The maximum Gasteiger partial charge on any atom is 0.228 e. The summed E-state index contributed by atoms with van der Waals surface area (Å²) in [5.74, 6) is 1.35. The van der Waals surface area contributed by atoms with Gasteiger partial charge in [0.2, 0.25) is 11.8 Å². The normalized spacial score (nSPS) is 15.2. The van der Waals surface area contributed by atoms with Crippen LogP contribution in [0.4, 0.5) is 5.95 Å². The van der Waals surface area contributed by atoms with Gasteiger partial charge < -0.3 is 9.64 Å². The van der Waals surface area contributed by atoms with Crippen LogP contribution in [-0.2, 0) is 6.54 Å². The summed E-state index contributed by atoms with van der Waals surface area (Å²) in [6, 6.07) is 12.1. The van der Waals surface area contributed by atoms with Crippen molar-refractivity contribution in [2.75, 3.05) is 38.2 Å². The molecule has 1 aliphatic rings. The van der Waals surface area contributed by atoms with E-state index in [0.717, 1.165) is 49.4 Å². The molecule has 134 valence electrons. The zero-order chi connectivity index (χ0) is 17.8. The molecule has 1 aromatic carbocycles. The second-order valence-corrected chi connectivity index (χ2v) is 7.10. The number of hydrogen-bond donors (Lipinski definition) is 0. The molecule has 0 bridgehead atoms. The van der Waals surface area contributed by atoms with Gasteiger partial charge in [0.15, 0.2) is 0 Å². The third kappa shape index (κ3) is 3.84. The standard InChI is InChI=1S/C19H21N5OS/c1-25-17-7-8-20-19(22-17)24-11-9-23(10-12-24)13-18-21-16(14-26-18)15-5-3-2-4-6-15/h2-8,14H,9-13H2,1H3. The first-order valence-electron chi connectivity index (χ1n) is 8.66. The minimum absolute atomic E-state index is 0.605. The molecule has 2 aromatic heterocycles. The first-order valence-corrected chi connectivity index (χ1v) is 9.54. The third-order valence-electron chi connectivity index (χ3n) is 4.46. The van der Waals surface area contributed by atoms with Crippen molar-refractivity contribution in [3.8, 4) is 17.1 Å². The zero-order valence-electron chi connectivity index (χ0n) is 14.7. The molecular formula is C19H21N5OS. The average molecular weight is 367 g/mol. The number of benzene rings is 1. The molecule has 0 N–H and O–H groups in total. The fourth-order valence-corrected chi connectivity index (χ4v) is 3.87. The van der Waals surface area contributed by atoms with Crippen LogP contribution < -0.4 is 9.64 Å². The molecule has 1 saturated heterocycles. The van der Waals surface area contributed by atoms with E-state index < -0.39 is 0 Å². The Balaban J connectivity index is 1.35. The van der Waals surface area contributed by atoms with Gasteiger partial charge in [-0.3, -0.25) is 4.90 Å². The Morgan fingerprint density at radius 3 is 2.62 bits per heavy atom. The molecule has 0 saturated carbocycles. The van der Waals surface area contributed by atoms with Crippen LogP contribution in [0.3, 0.4) is 0 Å². The van der Waals surface area contributed by atoms with Crippen molar-refractivity contribution in [1.82, 2.24) is 19.9 Å². The van der Waals surface area contributed by atoms with Crippen molar-refractivity contribution in [2.24, 2.45) is 0 Å².